The molecule has 1 aliphatic rings. The van der Waals surface area contributed by atoms with E-state index in [4.69, 9.17) is 4.74 Å². The van der Waals surface area contributed by atoms with Crippen molar-refractivity contribution in [1.29, 1.82) is 0 Å². The van der Waals surface area contributed by atoms with Crippen LogP contribution in [0.15, 0.2) is 30.3 Å². The molecule has 1 fully saturated rings. The minimum absolute atomic E-state index is 0. The van der Waals surface area contributed by atoms with Crippen molar-refractivity contribution in [1.82, 2.24) is 15.1 Å². The van der Waals surface area contributed by atoms with Gasteiger partial charge in [0.2, 0.25) is 5.91 Å². The van der Waals surface area contributed by atoms with Crippen LogP contribution in [0.2, 0.25) is 0 Å². The molecule has 9 nitrogen and oxygen atoms in total. The summed E-state index contributed by atoms with van der Waals surface area (Å²) in [5, 5.41) is 12.2. The Labute approximate surface area is 181 Å². The molecule has 2 rings (SSSR count). The summed E-state index contributed by atoms with van der Waals surface area (Å²) in [6, 6.07) is 5.92. The van der Waals surface area contributed by atoms with E-state index in [1.54, 1.807) is 6.92 Å². The lowest BCUT2D eigenvalue weighted by atomic mass is 10.0. The first-order valence-corrected chi connectivity index (χ1v) is 9.53. The minimum atomic E-state index is -1.26. The number of ether oxygens (including phenoxy) is 1. The number of hydrogen-bond donors (Lipinski definition) is 2. The van der Waals surface area contributed by atoms with E-state index in [0.29, 0.717) is 12.8 Å². The molecule has 0 spiro atoms. The van der Waals surface area contributed by atoms with Crippen LogP contribution in [-0.4, -0.2) is 77.1 Å². The zero-order valence-corrected chi connectivity index (χ0v) is 18.1. The van der Waals surface area contributed by atoms with Crippen molar-refractivity contribution in [2.75, 3.05) is 20.2 Å². The summed E-state index contributed by atoms with van der Waals surface area (Å²) in [5.41, 5.74) is 1.03. The number of carbonyl (C=O) groups is 4. The third-order valence-electron chi connectivity index (χ3n) is 4.77. The first-order chi connectivity index (χ1) is 13.8. The molecule has 1 aromatic carbocycles. The van der Waals surface area contributed by atoms with Gasteiger partial charge in [0.15, 0.2) is 6.04 Å². The lowest BCUT2D eigenvalue weighted by Crippen LogP contribution is -2.54. The van der Waals surface area contributed by atoms with Crippen LogP contribution >= 0.6 is 12.4 Å². The van der Waals surface area contributed by atoms with Crippen LogP contribution in [0.1, 0.15) is 25.8 Å². The van der Waals surface area contributed by atoms with Crippen LogP contribution in [-0.2, 0) is 25.5 Å². The lowest BCUT2D eigenvalue weighted by molar-refractivity contribution is -0.148. The van der Waals surface area contributed by atoms with Crippen LogP contribution in [0, 0.1) is 0 Å². The van der Waals surface area contributed by atoms with E-state index in [-0.39, 0.29) is 25.6 Å². The number of nitrogens with one attached hydrogen (secondary N) is 1. The van der Waals surface area contributed by atoms with Crippen LogP contribution in [0.4, 0.5) is 4.79 Å². The quantitative estimate of drug-likeness (QED) is 0.555. The van der Waals surface area contributed by atoms with Crippen molar-refractivity contribution < 1.29 is 29.0 Å². The molecule has 30 heavy (non-hydrogen) atoms. The molecule has 10 heteroatoms. The zero-order chi connectivity index (χ0) is 21.6. The van der Waals surface area contributed by atoms with Gasteiger partial charge in [-0.1, -0.05) is 30.3 Å². The predicted octanol–water partition coefficient (Wildman–Crippen LogP) is 1.30. The summed E-state index contributed by atoms with van der Waals surface area (Å²) >= 11 is 0. The van der Waals surface area contributed by atoms with Crippen molar-refractivity contribution in [3.05, 3.63) is 35.9 Å². The number of carboxylic acid groups (broad SMARTS) is 1. The van der Waals surface area contributed by atoms with Gasteiger partial charge in [0, 0.05) is 7.05 Å². The van der Waals surface area contributed by atoms with E-state index in [1.807, 2.05) is 30.3 Å². The highest BCUT2D eigenvalue weighted by Gasteiger charge is 2.45. The van der Waals surface area contributed by atoms with Crippen LogP contribution in [0.5, 0.6) is 0 Å². The monoisotopic (exact) mass is 441 g/mol. The Balaban J connectivity index is 0.00000450. The van der Waals surface area contributed by atoms with Gasteiger partial charge in [-0.2, -0.15) is 0 Å². The molecule has 0 bridgehead atoms. The van der Waals surface area contributed by atoms with Gasteiger partial charge in [0.25, 0.3) is 0 Å². The first kappa shape index (κ1) is 25.4. The average Bonchev–Trinajstić information content (AvgIpc) is 3.00. The van der Waals surface area contributed by atoms with E-state index in [9.17, 15) is 24.3 Å². The Hall–Kier alpha value is -2.65. The number of aliphatic carboxylic acids is 1. The fraction of sp³-hybridized carbons (Fsp3) is 0.500. The summed E-state index contributed by atoms with van der Waals surface area (Å²) in [6.45, 7) is 3.31. The second-order valence-electron chi connectivity index (χ2n) is 6.94. The van der Waals surface area contributed by atoms with Crippen molar-refractivity contribution >= 4 is 36.3 Å². The van der Waals surface area contributed by atoms with E-state index < -0.39 is 42.0 Å². The summed E-state index contributed by atoms with van der Waals surface area (Å²) in [7, 11) is 1.44. The molecular formula is C20H28ClN3O6. The lowest BCUT2D eigenvalue weighted by Gasteiger charge is -2.26. The molecule has 2 N–H and O–H groups in total. The third kappa shape index (κ3) is 6.17. The molecule has 1 aliphatic heterocycles. The molecule has 0 saturated carbocycles. The maximum absolute atomic E-state index is 12.8. The minimum Gasteiger partial charge on any atom is -0.480 e. The van der Waals surface area contributed by atoms with Crippen molar-refractivity contribution in [2.45, 2.75) is 44.8 Å². The maximum Gasteiger partial charge on any atom is 0.328 e. The number of halogens is 1. The van der Waals surface area contributed by atoms with E-state index in [2.05, 4.69) is 5.32 Å². The highest BCUT2D eigenvalue weighted by atomic mass is 35.5. The number of urea groups is 1. The Morgan fingerprint density at radius 3 is 2.47 bits per heavy atom. The second kappa shape index (κ2) is 11.5. The van der Waals surface area contributed by atoms with Crippen molar-refractivity contribution in [3.63, 3.8) is 0 Å². The van der Waals surface area contributed by atoms with Crippen molar-refractivity contribution in [2.24, 2.45) is 0 Å². The molecule has 166 valence electrons. The molecule has 1 heterocycles. The number of benzene rings is 1. The molecule has 3 unspecified atom stereocenters. The van der Waals surface area contributed by atoms with Crippen LogP contribution in [0.25, 0.3) is 0 Å². The normalized spacial score (nSPS) is 17.8. The predicted molar refractivity (Wildman–Crippen MR) is 111 cm³/mol. The number of carboxylic acids is 1. The number of carbonyl (C=O) groups excluding carboxylic acids is 3. The number of esters is 1. The largest absolute Gasteiger partial charge is 0.480 e. The highest BCUT2D eigenvalue weighted by Crippen LogP contribution is 2.17. The molecule has 3 atom stereocenters. The first-order valence-electron chi connectivity index (χ1n) is 9.53. The number of rotatable bonds is 9. The van der Waals surface area contributed by atoms with Crippen LogP contribution < -0.4 is 5.32 Å². The van der Waals surface area contributed by atoms with Gasteiger partial charge in [-0.05, 0) is 32.3 Å². The smallest absolute Gasteiger partial charge is 0.328 e. The van der Waals surface area contributed by atoms with Crippen molar-refractivity contribution in [3.8, 4) is 0 Å². The molecule has 3 amide bonds. The van der Waals surface area contributed by atoms with Gasteiger partial charge in [-0.25, -0.2) is 14.5 Å². The number of aryl methyl sites for hydroxylation is 1. The Bertz CT molecular complexity index is 760. The van der Waals surface area contributed by atoms with Gasteiger partial charge in [0.05, 0.1) is 19.2 Å². The standard InChI is InChI=1S/C20H27N3O6.ClH/c1-4-29-19(27)15(11-10-14-8-6-5-7-9-14)21-13(2)17(24)23-16(18(25)26)12-22(3)20(23)28;/h5-9,13,15-16,21H,4,10-12H2,1-3H3,(H,25,26);1H. The number of imide groups is 1. The SMILES string of the molecule is CCOC(=O)C(CCc1ccccc1)NC(C)C(=O)N1C(=O)N(C)CC1C(=O)O.Cl. The maximum atomic E-state index is 12.8. The zero-order valence-electron chi connectivity index (χ0n) is 17.2. The Morgan fingerprint density at radius 2 is 1.90 bits per heavy atom. The number of nitrogens with zero attached hydrogens (tertiary/aromatic N) is 2. The fourth-order valence-electron chi connectivity index (χ4n) is 3.22. The van der Waals surface area contributed by atoms with E-state index in [1.165, 1.54) is 18.9 Å². The molecule has 0 radical (unpaired) electrons. The molecule has 0 aliphatic carbocycles. The topological polar surface area (TPSA) is 116 Å². The number of likely N-dealkylation sites (N-methyl/N-ethyl adjacent to an activating group) is 1. The molecule has 0 aromatic heterocycles. The average molecular weight is 442 g/mol. The van der Waals surface area contributed by atoms with Gasteiger partial charge in [-0.3, -0.25) is 14.9 Å². The number of hydrogen-bond acceptors (Lipinski definition) is 6. The van der Waals surface area contributed by atoms with Gasteiger partial charge < -0.3 is 14.7 Å². The van der Waals surface area contributed by atoms with Gasteiger partial charge in [-0.15, -0.1) is 12.4 Å². The third-order valence-corrected chi connectivity index (χ3v) is 4.77. The molecule has 1 aromatic rings. The highest BCUT2D eigenvalue weighted by molar-refractivity contribution is 6.02. The van der Waals surface area contributed by atoms with E-state index in [0.717, 1.165) is 10.5 Å². The Kier molecular flexibility index (Phi) is 9.74. The van der Waals surface area contributed by atoms with Gasteiger partial charge in [0.1, 0.15) is 6.04 Å². The van der Waals surface area contributed by atoms with Crippen LogP contribution in [0.3, 0.4) is 0 Å². The van der Waals surface area contributed by atoms with E-state index >= 15 is 0 Å². The molecular weight excluding hydrogens is 414 g/mol. The van der Waals surface area contributed by atoms with Gasteiger partial charge >= 0.3 is 18.0 Å². The second-order valence-corrected chi connectivity index (χ2v) is 6.94. The number of amides is 3. The summed E-state index contributed by atoms with van der Waals surface area (Å²) in [5.74, 6) is -2.45. The fourth-order valence-corrected chi connectivity index (χ4v) is 3.22. The molecule has 1 saturated heterocycles. The summed E-state index contributed by atoms with van der Waals surface area (Å²) in [4.78, 5) is 50.8. The summed E-state index contributed by atoms with van der Waals surface area (Å²) < 4.78 is 5.10. The Morgan fingerprint density at radius 1 is 1.27 bits per heavy atom. The summed E-state index contributed by atoms with van der Waals surface area (Å²) in [6.07, 6.45) is 0.970.